The topological polar surface area (TPSA) is 63.7 Å². The van der Waals surface area contributed by atoms with Crippen LogP contribution in [0.3, 0.4) is 0 Å². The van der Waals surface area contributed by atoms with Crippen molar-refractivity contribution in [1.82, 2.24) is 4.90 Å². The van der Waals surface area contributed by atoms with E-state index < -0.39 is 15.9 Å². The van der Waals surface area contributed by atoms with Crippen LogP contribution in [-0.4, -0.2) is 56.5 Å². The van der Waals surface area contributed by atoms with Gasteiger partial charge in [-0.2, -0.15) is 0 Å². The van der Waals surface area contributed by atoms with Crippen molar-refractivity contribution in [2.24, 2.45) is 16.7 Å². The van der Waals surface area contributed by atoms with Crippen molar-refractivity contribution in [2.45, 2.75) is 52.6 Å². The number of likely N-dealkylation sites (tertiary alicyclic amines) is 1. The summed E-state index contributed by atoms with van der Waals surface area (Å²) in [7, 11) is -2.97. The molecule has 5 nitrogen and oxygen atoms in total. The molecule has 23 heavy (non-hydrogen) atoms. The van der Waals surface area contributed by atoms with Crippen molar-refractivity contribution in [3.63, 3.8) is 0 Å². The van der Waals surface area contributed by atoms with E-state index in [-0.39, 0.29) is 34.2 Å². The quantitative estimate of drug-likeness (QED) is 0.782. The number of nitrogens with zero attached hydrogens (tertiary/aromatic N) is 1. The monoisotopic (exact) mass is 343 g/mol. The van der Waals surface area contributed by atoms with Crippen LogP contribution in [0.15, 0.2) is 0 Å². The molecule has 1 saturated carbocycles. The van der Waals surface area contributed by atoms with E-state index in [1.165, 1.54) is 0 Å². The second-order valence-corrected chi connectivity index (χ2v) is 10.2. The summed E-state index contributed by atoms with van der Waals surface area (Å²) in [6.45, 7) is 7.63. The number of amides is 1. The van der Waals surface area contributed by atoms with Gasteiger partial charge in [0.25, 0.3) is 5.91 Å². The summed E-state index contributed by atoms with van der Waals surface area (Å²) >= 11 is 0. The lowest BCUT2D eigenvalue weighted by atomic mass is 9.60. The Labute approximate surface area is 139 Å². The highest BCUT2D eigenvalue weighted by molar-refractivity contribution is 7.91. The molecular weight excluding hydrogens is 314 g/mol. The fourth-order valence-electron chi connectivity index (χ4n) is 5.24. The predicted octanol–water partition coefficient (Wildman–Crippen LogP) is 1.86. The first-order valence-electron chi connectivity index (χ1n) is 8.85. The lowest BCUT2D eigenvalue weighted by Gasteiger charge is -2.41. The molecule has 2 aliphatic heterocycles. The third-order valence-electron chi connectivity index (χ3n) is 6.17. The molecule has 3 aliphatic rings. The van der Waals surface area contributed by atoms with Crippen LogP contribution in [0.4, 0.5) is 0 Å². The van der Waals surface area contributed by atoms with Crippen LogP contribution < -0.4 is 0 Å². The van der Waals surface area contributed by atoms with Crippen molar-refractivity contribution in [1.29, 1.82) is 0 Å². The molecule has 0 aromatic rings. The molecule has 3 rings (SSSR count). The Morgan fingerprint density at radius 1 is 1.13 bits per heavy atom. The SMILES string of the molecule is CCOC(C(=O)N1CC23CCCCC2(C1)CS(=O)(=O)C3)C(C)C. The second-order valence-electron chi connectivity index (χ2n) is 8.11. The van der Waals surface area contributed by atoms with E-state index in [9.17, 15) is 13.2 Å². The van der Waals surface area contributed by atoms with E-state index in [1.54, 1.807) is 0 Å². The number of sulfone groups is 1. The molecule has 1 aliphatic carbocycles. The Morgan fingerprint density at radius 2 is 1.65 bits per heavy atom. The fraction of sp³-hybridized carbons (Fsp3) is 0.941. The van der Waals surface area contributed by atoms with Gasteiger partial charge in [-0.25, -0.2) is 8.42 Å². The number of ether oxygens (including phenoxy) is 1. The first kappa shape index (κ1) is 17.2. The van der Waals surface area contributed by atoms with E-state index >= 15 is 0 Å². The minimum atomic E-state index is -2.97. The average molecular weight is 343 g/mol. The van der Waals surface area contributed by atoms with Gasteiger partial charge < -0.3 is 9.64 Å². The highest BCUT2D eigenvalue weighted by Gasteiger charge is 2.66. The lowest BCUT2D eigenvalue weighted by molar-refractivity contribution is -0.145. The maximum atomic E-state index is 13.0. The van der Waals surface area contributed by atoms with Crippen LogP contribution in [0.1, 0.15) is 46.5 Å². The van der Waals surface area contributed by atoms with E-state index in [4.69, 9.17) is 4.74 Å². The maximum Gasteiger partial charge on any atom is 0.252 e. The van der Waals surface area contributed by atoms with Gasteiger partial charge in [0, 0.05) is 30.5 Å². The van der Waals surface area contributed by atoms with Gasteiger partial charge in [-0.15, -0.1) is 0 Å². The Hall–Kier alpha value is -0.620. The first-order chi connectivity index (χ1) is 10.7. The van der Waals surface area contributed by atoms with Gasteiger partial charge >= 0.3 is 0 Å². The summed E-state index contributed by atoms with van der Waals surface area (Å²) in [4.78, 5) is 14.9. The van der Waals surface area contributed by atoms with E-state index in [0.717, 1.165) is 25.7 Å². The molecule has 2 saturated heterocycles. The Morgan fingerprint density at radius 3 is 2.09 bits per heavy atom. The fourth-order valence-corrected chi connectivity index (χ4v) is 8.11. The molecular formula is C17H29NO4S. The molecule has 0 N–H and O–H groups in total. The van der Waals surface area contributed by atoms with Crippen molar-refractivity contribution in [3.05, 3.63) is 0 Å². The molecule has 0 aromatic carbocycles. The lowest BCUT2D eigenvalue weighted by Crippen LogP contribution is -2.43. The largest absolute Gasteiger partial charge is 0.368 e. The number of hydrogen-bond acceptors (Lipinski definition) is 4. The average Bonchev–Trinajstić information content (AvgIpc) is 2.88. The Bertz CT molecular complexity index is 557. The van der Waals surface area contributed by atoms with Gasteiger partial charge in [0.1, 0.15) is 6.10 Å². The Balaban J connectivity index is 1.86. The third kappa shape index (κ3) is 2.72. The van der Waals surface area contributed by atoms with Crippen LogP contribution in [0.5, 0.6) is 0 Å². The highest BCUT2D eigenvalue weighted by Crippen LogP contribution is 2.60. The third-order valence-corrected chi connectivity index (χ3v) is 8.16. The number of carbonyl (C=O) groups excluding carboxylic acids is 1. The number of rotatable bonds is 4. The van der Waals surface area contributed by atoms with Crippen molar-refractivity contribution in [2.75, 3.05) is 31.2 Å². The van der Waals surface area contributed by atoms with Crippen LogP contribution in [0, 0.1) is 16.7 Å². The van der Waals surface area contributed by atoms with Gasteiger partial charge in [0.2, 0.25) is 0 Å². The van der Waals surface area contributed by atoms with E-state index in [1.807, 2.05) is 25.7 Å². The van der Waals surface area contributed by atoms with Gasteiger partial charge in [-0.3, -0.25) is 4.79 Å². The van der Waals surface area contributed by atoms with Crippen molar-refractivity contribution < 1.29 is 17.9 Å². The molecule has 3 atom stereocenters. The summed E-state index contributed by atoms with van der Waals surface area (Å²) in [6.07, 6.45) is 3.63. The second kappa shape index (κ2) is 5.73. The van der Waals surface area contributed by atoms with E-state index in [0.29, 0.717) is 19.7 Å². The predicted molar refractivity (Wildman–Crippen MR) is 88.8 cm³/mol. The van der Waals surface area contributed by atoms with Crippen LogP contribution >= 0.6 is 0 Å². The van der Waals surface area contributed by atoms with Crippen molar-refractivity contribution in [3.8, 4) is 0 Å². The highest BCUT2D eigenvalue weighted by atomic mass is 32.2. The smallest absolute Gasteiger partial charge is 0.252 e. The molecule has 0 radical (unpaired) electrons. The normalized spacial score (nSPS) is 36.8. The zero-order chi connectivity index (χ0) is 16.9. The molecule has 3 fully saturated rings. The molecule has 0 spiro atoms. The minimum absolute atomic E-state index is 0.0503. The standard InChI is InChI=1S/C17H29NO4S/c1-4-22-14(13(2)3)15(19)18-9-16-7-5-6-8-17(16,10-18)12-23(20,21)11-16/h13-14H,4-12H2,1-3H3. The Kier molecular flexibility index (Phi) is 4.28. The zero-order valence-electron chi connectivity index (χ0n) is 14.5. The molecule has 3 unspecified atom stereocenters. The number of hydrogen-bond donors (Lipinski definition) is 0. The summed E-state index contributed by atoms with van der Waals surface area (Å²) in [5.74, 6) is 0.716. The van der Waals surface area contributed by atoms with Crippen LogP contribution in [0.2, 0.25) is 0 Å². The number of carbonyl (C=O) groups is 1. The zero-order valence-corrected chi connectivity index (χ0v) is 15.3. The molecule has 0 aromatic heterocycles. The minimum Gasteiger partial charge on any atom is -0.368 e. The summed E-state index contributed by atoms with van der Waals surface area (Å²) < 4.78 is 30.3. The summed E-state index contributed by atoms with van der Waals surface area (Å²) in [5.41, 5.74) is -0.402. The molecule has 132 valence electrons. The summed E-state index contributed by atoms with van der Waals surface area (Å²) in [5, 5.41) is 0. The van der Waals surface area contributed by atoms with Gasteiger partial charge in [-0.1, -0.05) is 26.7 Å². The maximum absolute atomic E-state index is 13.0. The first-order valence-corrected chi connectivity index (χ1v) is 10.7. The molecule has 6 heteroatoms. The summed E-state index contributed by atoms with van der Waals surface area (Å²) in [6, 6.07) is 0. The van der Waals surface area contributed by atoms with Crippen LogP contribution in [-0.2, 0) is 19.4 Å². The molecule has 0 bridgehead atoms. The van der Waals surface area contributed by atoms with Gasteiger partial charge in [-0.05, 0) is 25.7 Å². The van der Waals surface area contributed by atoms with Crippen LogP contribution in [0.25, 0.3) is 0 Å². The molecule has 1 amide bonds. The van der Waals surface area contributed by atoms with Crippen molar-refractivity contribution >= 4 is 15.7 Å². The van der Waals surface area contributed by atoms with E-state index in [2.05, 4.69) is 0 Å². The molecule has 2 heterocycles. The van der Waals surface area contributed by atoms with Gasteiger partial charge in [0.15, 0.2) is 9.84 Å². The van der Waals surface area contributed by atoms with Gasteiger partial charge in [0.05, 0.1) is 11.5 Å².